The van der Waals surface area contributed by atoms with Crippen LogP contribution in [0.25, 0.3) is 0 Å². The summed E-state index contributed by atoms with van der Waals surface area (Å²) in [6.45, 7) is 7.43. The van der Waals surface area contributed by atoms with Crippen LogP contribution in [0.5, 0.6) is 0 Å². The molecule has 1 N–H and O–H groups in total. The van der Waals surface area contributed by atoms with Crippen molar-refractivity contribution in [3.05, 3.63) is 16.6 Å². The number of methoxy groups -OCH3 is 1. The molecule has 0 spiro atoms. The second-order valence-corrected chi connectivity index (χ2v) is 8.27. The smallest absolute Gasteiger partial charge is 0.307 e. The number of carbonyl (C=O) groups is 1. The largest absolute Gasteiger partial charge is 0.469 e. The van der Waals surface area contributed by atoms with Gasteiger partial charge in [-0.1, -0.05) is 0 Å². The molecule has 0 aliphatic heterocycles. The number of esters is 1. The minimum absolute atomic E-state index is 0.0822. The summed E-state index contributed by atoms with van der Waals surface area (Å²) in [5.41, 5.74) is -0.792. The van der Waals surface area contributed by atoms with Crippen molar-refractivity contribution in [1.29, 1.82) is 0 Å². The van der Waals surface area contributed by atoms with Gasteiger partial charge in [-0.15, -0.1) is 11.3 Å². The van der Waals surface area contributed by atoms with E-state index in [-0.39, 0.29) is 12.4 Å². The third-order valence-corrected chi connectivity index (χ3v) is 5.29. The average Bonchev–Trinajstić information content (AvgIpc) is 2.81. The molecule has 0 aliphatic carbocycles. The molecule has 5 nitrogen and oxygen atoms in total. The normalized spacial score (nSPS) is 16.7. The van der Waals surface area contributed by atoms with E-state index < -0.39 is 21.3 Å². The number of hydrogen-bond donors (Lipinski definition) is 1. The number of nitrogens with zero attached hydrogens (tertiary/aromatic N) is 1. The van der Waals surface area contributed by atoms with Crippen molar-refractivity contribution in [1.82, 2.24) is 9.71 Å². The van der Waals surface area contributed by atoms with Gasteiger partial charge in [0.25, 0.3) is 0 Å². The highest BCUT2D eigenvalue weighted by Crippen LogP contribution is 2.29. The molecular weight excluding hydrogens is 284 g/mol. The number of carbonyl (C=O) groups excluding carboxylic acids is 1. The Morgan fingerprint density at radius 2 is 2.11 bits per heavy atom. The average molecular weight is 304 g/mol. The number of nitrogens with one attached hydrogen (secondary N) is 1. The number of hydrogen-bond acceptors (Lipinski definition) is 5. The maximum atomic E-state index is 12.3. The molecule has 0 saturated carbocycles. The molecule has 0 unspecified atom stereocenters. The van der Waals surface area contributed by atoms with Crippen LogP contribution in [0.1, 0.15) is 39.1 Å². The van der Waals surface area contributed by atoms with Crippen molar-refractivity contribution in [2.45, 2.75) is 44.4 Å². The number of ether oxygens (including phenoxy) is 1. The molecule has 1 heterocycles. The first kappa shape index (κ1) is 16.3. The summed E-state index contributed by atoms with van der Waals surface area (Å²) in [6, 6.07) is 0. The van der Waals surface area contributed by atoms with Crippen LogP contribution in [0.2, 0.25) is 0 Å². The van der Waals surface area contributed by atoms with Gasteiger partial charge in [-0.05, 0) is 27.7 Å². The Hall–Kier alpha value is -0.790. The fourth-order valence-electron chi connectivity index (χ4n) is 1.37. The number of aromatic nitrogens is 1. The highest BCUT2D eigenvalue weighted by molar-refractivity contribution is 7.84. The number of rotatable bonds is 5. The van der Waals surface area contributed by atoms with E-state index in [1.807, 2.05) is 33.1 Å². The van der Waals surface area contributed by atoms with E-state index in [1.165, 1.54) is 18.4 Å². The first-order chi connectivity index (χ1) is 8.69. The third-order valence-electron chi connectivity index (χ3n) is 2.50. The van der Waals surface area contributed by atoms with Crippen LogP contribution in [-0.4, -0.2) is 27.0 Å². The standard InChI is InChI=1S/C12H20N2O3S2/c1-11(2,3)19(16)14-12(4,8-9(15)17-5)10-13-6-7-18-10/h6-7,14H,8H2,1-5H3/t12-,19+/m0/s1. The van der Waals surface area contributed by atoms with Gasteiger partial charge in [0, 0.05) is 11.6 Å². The van der Waals surface area contributed by atoms with E-state index in [1.54, 1.807) is 6.20 Å². The Bertz CT molecular complexity index is 454. The zero-order valence-electron chi connectivity index (χ0n) is 11.9. The van der Waals surface area contributed by atoms with Gasteiger partial charge in [-0.3, -0.25) is 4.79 Å². The van der Waals surface area contributed by atoms with Crippen molar-refractivity contribution in [3.63, 3.8) is 0 Å². The highest BCUT2D eigenvalue weighted by Gasteiger charge is 2.36. The van der Waals surface area contributed by atoms with E-state index in [2.05, 4.69) is 9.71 Å². The van der Waals surface area contributed by atoms with Crippen LogP contribution in [0, 0.1) is 0 Å². The van der Waals surface area contributed by atoms with E-state index in [0.29, 0.717) is 0 Å². The second kappa shape index (κ2) is 6.11. The lowest BCUT2D eigenvalue weighted by molar-refractivity contribution is -0.142. The monoisotopic (exact) mass is 304 g/mol. The summed E-state index contributed by atoms with van der Waals surface area (Å²) in [7, 11) is 0.0377. The quantitative estimate of drug-likeness (QED) is 0.845. The van der Waals surface area contributed by atoms with E-state index in [9.17, 15) is 9.00 Å². The Kier molecular flexibility index (Phi) is 5.23. The van der Waals surface area contributed by atoms with Crippen LogP contribution < -0.4 is 4.72 Å². The van der Waals surface area contributed by atoms with Crippen LogP contribution in [0.3, 0.4) is 0 Å². The Labute approximate surface area is 120 Å². The van der Waals surface area contributed by atoms with Crippen LogP contribution in [0.4, 0.5) is 0 Å². The minimum atomic E-state index is -1.30. The molecule has 0 aliphatic rings. The summed E-state index contributed by atoms with van der Waals surface area (Å²) in [5.74, 6) is -0.365. The Balaban J connectivity index is 3.00. The van der Waals surface area contributed by atoms with Gasteiger partial charge in [0.15, 0.2) is 0 Å². The number of thiazole rings is 1. The Morgan fingerprint density at radius 3 is 2.53 bits per heavy atom. The molecule has 0 amide bonds. The van der Waals surface area contributed by atoms with Crippen LogP contribution >= 0.6 is 11.3 Å². The topological polar surface area (TPSA) is 68.3 Å². The third kappa shape index (κ3) is 4.36. The van der Waals surface area contributed by atoms with Crippen molar-refractivity contribution in [2.75, 3.05) is 7.11 Å². The molecule has 1 aromatic rings. The SMILES string of the molecule is COC(=O)C[C@](C)(N[S@](=O)C(C)(C)C)c1nccs1. The molecule has 0 fully saturated rings. The zero-order valence-corrected chi connectivity index (χ0v) is 13.5. The zero-order chi connectivity index (χ0) is 14.7. The summed E-state index contributed by atoms with van der Waals surface area (Å²) < 4.78 is 19.6. The molecule has 0 saturated heterocycles. The van der Waals surface area contributed by atoms with Gasteiger partial charge in [0.1, 0.15) is 5.01 Å². The molecule has 1 rings (SSSR count). The molecule has 19 heavy (non-hydrogen) atoms. The summed E-state index contributed by atoms with van der Waals surface area (Å²) >= 11 is 1.42. The minimum Gasteiger partial charge on any atom is -0.469 e. The van der Waals surface area contributed by atoms with Gasteiger partial charge in [-0.25, -0.2) is 13.9 Å². The maximum absolute atomic E-state index is 12.3. The molecule has 108 valence electrons. The van der Waals surface area contributed by atoms with Gasteiger partial charge in [-0.2, -0.15) is 0 Å². The molecular formula is C12H20N2O3S2. The molecule has 0 radical (unpaired) electrons. The fourth-order valence-corrected chi connectivity index (χ4v) is 3.07. The van der Waals surface area contributed by atoms with Gasteiger partial charge >= 0.3 is 5.97 Å². The lowest BCUT2D eigenvalue weighted by Gasteiger charge is -2.30. The summed E-state index contributed by atoms with van der Waals surface area (Å²) in [5, 5.41) is 2.54. The van der Waals surface area contributed by atoms with E-state index in [4.69, 9.17) is 4.74 Å². The predicted octanol–water partition coefficient (Wildman–Crippen LogP) is 1.97. The molecule has 1 aromatic heterocycles. The first-order valence-electron chi connectivity index (χ1n) is 5.85. The lowest BCUT2D eigenvalue weighted by atomic mass is 10.0. The first-order valence-corrected chi connectivity index (χ1v) is 7.88. The maximum Gasteiger partial charge on any atom is 0.307 e. The summed E-state index contributed by atoms with van der Waals surface area (Å²) in [4.78, 5) is 15.8. The highest BCUT2D eigenvalue weighted by atomic mass is 32.2. The van der Waals surface area contributed by atoms with Gasteiger partial charge in [0.2, 0.25) is 0 Å². The van der Waals surface area contributed by atoms with Gasteiger partial charge in [0.05, 0.1) is 34.8 Å². The molecule has 0 aromatic carbocycles. The van der Waals surface area contributed by atoms with Crippen LogP contribution in [-0.2, 0) is 26.1 Å². The molecule has 7 heteroatoms. The van der Waals surface area contributed by atoms with E-state index >= 15 is 0 Å². The van der Waals surface area contributed by atoms with Crippen LogP contribution in [0.15, 0.2) is 11.6 Å². The summed E-state index contributed by atoms with van der Waals surface area (Å²) in [6.07, 6.45) is 1.75. The lowest BCUT2D eigenvalue weighted by Crippen LogP contribution is -2.47. The van der Waals surface area contributed by atoms with Crippen molar-refractivity contribution in [2.24, 2.45) is 0 Å². The fraction of sp³-hybridized carbons (Fsp3) is 0.667. The second-order valence-electron chi connectivity index (χ2n) is 5.41. The van der Waals surface area contributed by atoms with E-state index in [0.717, 1.165) is 5.01 Å². The predicted molar refractivity (Wildman–Crippen MR) is 77.1 cm³/mol. The van der Waals surface area contributed by atoms with Crippen molar-refractivity contribution < 1.29 is 13.7 Å². The van der Waals surface area contributed by atoms with Crippen molar-refractivity contribution in [3.8, 4) is 0 Å². The van der Waals surface area contributed by atoms with Crippen molar-refractivity contribution >= 4 is 28.3 Å². The molecule has 2 atom stereocenters. The molecule has 0 bridgehead atoms. The van der Waals surface area contributed by atoms with Gasteiger partial charge < -0.3 is 4.74 Å². The Morgan fingerprint density at radius 1 is 1.47 bits per heavy atom.